The minimum Gasteiger partial charge on any atom is -0.490 e. The van der Waals surface area contributed by atoms with E-state index in [1.54, 1.807) is 0 Å². The smallest absolute Gasteiger partial charge is 0.123 e. The van der Waals surface area contributed by atoms with Crippen LogP contribution in [0.4, 0.5) is 0 Å². The summed E-state index contributed by atoms with van der Waals surface area (Å²) in [5.74, 6) is 3.82. The summed E-state index contributed by atoms with van der Waals surface area (Å²) in [5, 5.41) is 0. The van der Waals surface area contributed by atoms with Gasteiger partial charge in [-0.25, -0.2) is 0 Å². The van der Waals surface area contributed by atoms with Gasteiger partial charge in [0.05, 0.1) is 0 Å². The summed E-state index contributed by atoms with van der Waals surface area (Å²) in [7, 11) is 0. The number of aryl methyl sites for hydroxylation is 1. The van der Waals surface area contributed by atoms with Crippen molar-refractivity contribution in [1.82, 2.24) is 0 Å². The van der Waals surface area contributed by atoms with Crippen LogP contribution in [-0.2, 0) is 0 Å². The topological polar surface area (TPSA) is 9.23 Å². The third-order valence-corrected chi connectivity index (χ3v) is 5.03. The number of ether oxygens (including phenoxy) is 1. The van der Waals surface area contributed by atoms with Crippen molar-refractivity contribution in [3.63, 3.8) is 0 Å². The highest BCUT2D eigenvalue weighted by Crippen LogP contribution is 2.38. The van der Waals surface area contributed by atoms with Crippen molar-refractivity contribution in [2.75, 3.05) is 0 Å². The molecule has 2 rings (SSSR count). The van der Waals surface area contributed by atoms with Gasteiger partial charge in [0.15, 0.2) is 0 Å². The first-order chi connectivity index (χ1) is 9.88. The molecule has 21 heavy (non-hydrogen) atoms. The molecule has 118 valence electrons. The molecule has 0 heterocycles. The number of benzene rings is 1. The first-order valence-electron chi connectivity index (χ1n) is 8.65. The van der Waals surface area contributed by atoms with Crippen LogP contribution in [0.1, 0.15) is 70.9 Å². The van der Waals surface area contributed by atoms with E-state index >= 15 is 0 Å². The number of rotatable bonds is 4. The Morgan fingerprint density at radius 1 is 1.10 bits per heavy atom. The van der Waals surface area contributed by atoms with Gasteiger partial charge in [-0.1, -0.05) is 53.2 Å². The van der Waals surface area contributed by atoms with E-state index in [0.29, 0.717) is 23.9 Å². The molecule has 0 saturated heterocycles. The lowest BCUT2D eigenvalue weighted by Crippen LogP contribution is -2.36. The molecule has 1 aliphatic rings. The van der Waals surface area contributed by atoms with Crippen LogP contribution < -0.4 is 4.74 Å². The zero-order valence-electron chi connectivity index (χ0n) is 14.6. The van der Waals surface area contributed by atoms with Crippen LogP contribution in [0.2, 0.25) is 0 Å². The van der Waals surface area contributed by atoms with Crippen molar-refractivity contribution in [1.29, 1.82) is 0 Å². The molecule has 1 aromatic carbocycles. The van der Waals surface area contributed by atoms with Crippen molar-refractivity contribution >= 4 is 0 Å². The van der Waals surface area contributed by atoms with Gasteiger partial charge in [-0.3, -0.25) is 0 Å². The van der Waals surface area contributed by atoms with Crippen LogP contribution >= 0.6 is 0 Å². The molecule has 3 atom stereocenters. The van der Waals surface area contributed by atoms with Crippen LogP contribution in [0, 0.1) is 24.7 Å². The summed E-state index contributed by atoms with van der Waals surface area (Å²) in [5.41, 5.74) is 2.64. The summed E-state index contributed by atoms with van der Waals surface area (Å²) in [6.07, 6.45) is 4.25. The predicted octanol–water partition coefficient (Wildman–Crippen LogP) is 5.96. The van der Waals surface area contributed by atoms with E-state index in [1.807, 2.05) is 0 Å². The standard InChI is InChI=1S/C20H32O/c1-13(2)17-9-7-15(5)11-19(17)21-20-12-16(6)8-10-18(20)14(3)4/h7,9,11,13-14,16,18,20H,8,10,12H2,1-6H3. The van der Waals surface area contributed by atoms with Gasteiger partial charge in [-0.05, 0) is 60.6 Å². The van der Waals surface area contributed by atoms with Crippen molar-refractivity contribution < 1.29 is 4.74 Å². The van der Waals surface area contributed by atoms with E-state index in [2.05, 4.69) is 59.7 Å². The molecular weight excluding hydrogens is 256 g/mol. The summed E-state index contributed by atoms with van der Waals surface area (Å²) >= 11 is 0. The Bertz CT molecular complexity index is 461. The largest absolute Gasteiger partial charge is 0.490 e. The van der Waals surface area contributed by atoms with Gasteiger partial charge in [0.25, 0.3) is 0 Å². The van der Waals surface area contributed by atoms with E-state index in [-0.39, 0.29) is 0 Å². The molecule has 1 heteroatoms. The molecule has 1 aromatic rings. The van der Waals surface area contributed by atoms with Gasteiger partial charge in [-0.15, -0.1) is 0 Å². The van der Waals surface area contributed by atoms with Gasteiger partial charge in [0.1, 0.15) is 11.9 Å². The lowest BCUT2D eigenvalue weighted by molar-refractivity contribution is 0.0451. The summed E-state index contributed by atoms with van der Waals surface area (Å²) in [6, 6.07) is 6.67. The quantitative estimate of drug-likeness (QED) is 0.664. The zero-order valence-corrected chi connectivity index (χ0v) is 14.6. The maximum Gasteiger partial charge on any atom is 0.123 e. The molecule has 1 saturated carbocycles. The molecule has 1 nitrogen and oxygen atoms in total. The molecular formula is C20H32O. The monoisotopic (exact) mass is 288 g/mol. The van der Waals surface area contributed by atoms with Crippen molar-refractivity contribution in [2.45, 2.75) is 72.8 Å². The third kappa shape index (κ3) is 4.02. The fraction of sp³-hybridized carbons (Fsp3) is 0.700. The zero-order chi connectivity index (χ0) is 15.6. The van der Waals surface area contributed by atoms with E-state index < -0.39 is 0 Å². The van der Waals surface area contributed by atoms with Crippen molar-refractivity contribution in [3.05, 3.63) is 29.3 Å². The molecule has 0 amide bonds. The summed E-state index contributed by atoms with van der Waals surface area (Å²) in [4.78, 5) is 0. The molecule has 0 aliphatic heterocycles. The second-order valence-electron chi connectivity index (χ2n) is 7.68. The second kappa shape index (κ2) is 6.85. The minimum atomic E-state index is 0.382. The molecule has 0 spiro atoms. The molecule has 1 fully saturated rings. The molecule has 1 aliphatic carbocycles. The fourth-order valence-electron chi connectivity index (χ4n) is 3.63. The van der Waals surface area contributed by atoms with Gasteiger partial charge >= 0.3 is 0 Å². The maximum atomic E-state index is 6.57. The highest BCUT2D eigenvalue weighted by atomic mass is 16.5. The average molecular weight is 288 g/mol. The van der Waals surface area contributed by atoms with Crippen LogP contribution in [0.5, 0.6) is 5.75 Å². The van der Waals surface area contributed by atoms with Gasteiger partial charge in [0, 0.05) is 0 Å². The molecule has 0 aromatic heterocycles. The fourth-order valence-corrected chi connectivity index (χ4v) is 3.63. The average Bonchev–Trinajstić information content (AvgIpc) is 2.38. The maximum absolute atomic E-state index is 6.57. The Balaban J connectivity index is 2.24. The third-order valence-electron chi connectivity index (χ3n) is 5.03. The van der Waals surface area contributed by atoms with Gasteiger partial charge < -0.3 is 4.74 Å². The number of hydrogen-bond acceptors (Lipinski definition) is 1. The van der Waals surface area contributed by atoms with Crippen LogP contribution in [0.25, 0.3) is 0 Å². The van der Waals surface area contributed by atoms with E-state index in [9.17, 15) is 0 Å². The van der Waals surface area contributed by atoms with Crippen LogP contribution in [0.15, 0.2) is 18.2 Å². The molecule has 0 radical (unpaired) electrons. The van der Waals surface area contributed by atoms with E-state index in [1.165, 1.54) is 30.4 Å². The Labute approximate surface area is 131 Å². The van der Waals surface area contributed by atoms with Crippen LogP contribution in [-0.4, -0.2) is 6.10 Å². The van der Waals surface area contributed by atoms with Crippen LogP contribution in [0.3, 0.4) is 0 Å². The summed E-state index contributed by atoms with van der Waals surface area (Å²) in [6.45, 7) is 13.7. The molecule has 0 N–H and O–H groups in total. The Hall–Kier alpha value is -0.980. The highest BCUT2D eigenvalue weighted by Gasteiger charge is 2.32. The van der Waals surface area contributed by atoms with E-state index in [0.717, 1.165) is 11.7 Å². The Kier molecular flexibility index (Phi) is 5.35. The first-order valence-corrected chi connectivity index (χ1v) is 8.65. The van der Waals surface area contributed by atoms with E-state index in [4.69, 9.17) is 4.74 Å². The normalized spacial score (nSPS) is 26.4. The minimum absolute atomic E-state index is 0.382. The van der Waals surface area contributed by atoms with Crippen molar-refractivity contribution in [2.24, 2.45) is 17.8 Å². The molecule has 3 unspecified atom stereocenters. The lowest BCUT2D eigenvalue weighted by Gasteiger charge is -2.38. The summed E-state index contributed by atoms with van der Waals surface area (Å²) < 4.78 is 6.57. The Morgan fingerprint density at radius 2 is 1.81 bits per heavy atom. The molecule has 0 bridgehead atoms. The predicted molar refractivity (Wildman–Crippen MR) is 91.0 cm³/mol. The lowest BCUT2D eigenvalue weighted by atomic mass is 9.75. The number of hydrogen-bond donors (Lipinski definition) is 0. The van der Waals surface area contributed by atoms with Crippen molar-refractivity contribution in [3.8, 4) is 5.75 Å². The Morgan fingerprint density at radius 3 is 2.43 bits per heavy atom. The second-order valence-corrected chi connectivity index (χ2v) is 7.68. The van der Waals surface area contributed by atoms with Gasteiger partial charge in [-0.2, -0.15) is 0 Å². The first kappa shape index (κ1) is 16.4. The SMILES string of the molecule is Cc1ccc(C(C)C)c(OC2CC(C)CCC2C(C)C)c1. The van der Waals surface area contributed by atoms with Gasteiger partial charge in [0.2, 0.25) is 0 Å². The highest BCUT2D eigenvalue weighted by molar-refractivity contribution is 5.39.